The molecule has 0 radical (unpaired) electrons. The van der Waals surface area contributed by atoms with Crippen LogP contribution in [0.3, 0.4) is 0 Å². The first-order valence-electron chi connectivity index (χ1n) is 6.15. The van der Waals surface area contributed by atoms with E-state index in [2.05, 4.69) is 6.58 Å². The first kappa shape index (κ1) is 14.4. The van der Waals surface area contributed by atoms with Crippen LogP contribution in [0.1, 0.15) is 13.8 Å². The monoisotopic (exact) mass is 285 g/mol. The molecule has 106 valence electrons. The van der Waals surface area contributed by atoms with Gasteiger partial charge in [0.1, 0.15) is 17.0 Å². The van der Waals surface area contributed by atoms with Crippen LogP contribution >= 0.6 is 11.8 Å². The summed E-state index contributed by atoms with van der Waals surface area (Å²) in [5.41, 5.74) is 5.53. The van der Waals surface area contributed by atoms with Crippen molar-refractivity contribution in [1.82, 2.24) is 9.80 Å². The van der Waals surface area contributed by atoms with Gasteiger partial charge in [0.15, 0.2) is 0 Å². The number of likely N-dealkylation sites (tertiary alicyclic amines) is 1. The number of β-lactam (4-membered cyclic amide) rings is 1. The third kappa shape index (κ3) is 1.96. The van der Waals surface area contributed by atoms with Crippen molar-refractivity contribution in [2.45, 2.75) is 36.9 Å². The highest BCUT2D eigenvalue weighted by atomic mass is 32.2. The minimum absolute atomic E-state index is 0.0994. The lowest BCUT2D eigenvalue weighted by atomic mass is 9.93. The second-order valence-electron chi connectivity index (χ2n) is 5.08. The molecule has 0 spiro atoms. The van der Waals surface area contributed by atoms with Gasteiger partial charge in [0.25, 0.3) is 5.91 Å². The molecule has 3 N–H and O–H groups in total. The molecule has 2 heterocycles. The van der Waals surface area contributed by atoms with Gasteiger partial charge in [0.2, 0.25) is 5.91 Å². The van der Waals surface area contributed by atoms with Crippen molar-refractivity contribution < 1.29 is 14.7 Å². The molecular formula is C12H19N3O3S. The Kier molecular flexibility index (Phi) is 3.63. The average molecular weight is 285 g/mol. The zero-order chi connectivity index (χ0) is 14.4. The van der Waals surface area contributed by atoms with Crippen molar-refractivity contribution in [3.8, 4) is 0 Å². The van der Waals surface area contributed by atoms with Crippen molar-refractivity contribution >= 4 is 23.6 Å². The lowest BCUT2D eigenvalue weighted by Crippen LogP contribution is -2.73. The number of carbonyl (C=O) groups is 2. The summed E-state index contributed by atoms with van der Waals surface area (Å²) in [5.74, 6) is -0.177. The van der Waals surface area contributed by atoms with Crippen LogP contribution in [-0.4, -0.2) is 62.2 Å². The van der Waals surface area contributed by atoms with Crippen LogP contribution in [0.5, 0.6) is 0 Å². The molecule has 2 saturated heterocycles. The minimum Gasteiger partial charge on any atom is -0.382 e. The Hall–Kier alpha value is -1.05. The van der Waals surface area contributed by atoms with E-state index in [0.29, 0.717) is 12.4 Å². The summed E-state index contributed by atoms with van der Waals surface area (Å²) in [4.78, 5) is 26.9. The molecule has 4 atom stereocenters. The Labute approximate surface area is 116 Å². The zero-order valence-electron chi connectivity index (χ0n) is 11.1. The van der Waals surface area contributed by atoms with Crippen molar-refractivity contribution in [3.05, 3.63) is 12.7 Å². The van der Waals surface area contributed by atoms with E-state index >= 15 is 0 Å². The number of fused-ring (bicyclic) bond motifs is 1. The fourth-order valence-corrected chi connectivity index (χ4v) is 3.90. The molecule has 2 aliphatic rings. The molecule has 0 bridgehead atoms. The molecule has 0 saturated carbocycles. The highest BCUT2D eigenvalue weighted by Gasteiger charge is 2.64. The second-order valence-corrected chi connectivity index (χ2v) is 6.45. The fourth-order valence-electron chi connectivity index (χ4n) is 2.52. The summed E-state index contributed by atoms with van der Waals surface area (Å²) in [6, 6.07) is -1.15. The summed E-state index contributed by atoms with van der Waals surface area (Å²) in [5, 5.41) is 9.76. The normalized spacial score (nSPS) is 32.6. The van der Waals surface area contributed by atoms with Gasteiger partial charge in [0.05, 0.1) is 5.88 Å². The summed E-state index contributed by atoms with van der Waals surface area (Å²) in [6.07, 6.45) is 0.408. The maximum atomic E-state index is 12.1. The standard InChI is InChI=1S/C12H19N3O3S/c1-4-5-15-11(18)9-12(15,3)19-6-14(9)10(17)8(16)7(2)13/h4,7-9,16H,1,5-6,13H2,2-3H3/t7-,8-,9+,12?/m0/s1. The van der Waals surface area contributed by atoms with Crippen molar-refractivity contribution in [1.29, 1.82) is 0 Å². The van der Waals surface area contributed by atoms with Crippen LogP contribution in [0.15, 0.2) is 12.7 Å². The first-order chi connectivity index (χ1) is 8.84. The van der Waals surface area contributed by atoms with E-state index in [1.54, 1.807) is 17.9 Å². The number of hydrogen-bond donors (Lipinski definition) is 2. The van der Waals surface area contributed by atoms with Crippen molar-refractivity contribution in [2.75, 3.05) is 12.4 Å². The van der Waals surface area contributed by atoms with Gasteiger partial charge in [-0.25, -0.2) is 0 Å². The number of rotatable bonds is 4. The summed E-state index contributed by atoms with van der Waals surface area (Å²) >= 11 is 1.52. The molecule has 6 nitrogen and oxygen atoms in total. The largest absolute Gasteiger partial charge is 0.382 e. The maximum Gasteiger partial charge on any atom is 0.254 e. The number of aliphatic hydroxyl groups is 1. The Bertz CT molecular complexity index is 428. The van der Waals surface area contributed by atoms with E-state index in [1.165, 1.54) is 16.7 Å². The highest BCUT2D eigenvalue weighted by Crippen LogP contribution is 2.50. The highest BCUT2D eigenvalue weighted by molar-refractivity contribution is 8.01. The van der Waals surface area contributed by atoms with Crippen molar-refractivity contribution in [2.24, 2.45) is 5.73 Å². The van der Waals surface area contributed by atoms with Gasteiger partial charge >= 0.3 is 0 Å². The topological polar surface area (TPSA) is 86.9 Å². The van der Waals surface area contributed by atoms with Gasteiger partial charge < -0.3 is 20.6 Å². The third-order valence-corrected chi connectivity index (χ3v) is 5.13. The zero-order valence-corrected chi connectivity index (χ0v) is 11.9. The predicted molar refractivity (Wildman–Crippen MR) is 73.1 cm³/mol. The molecular weight excluding hydrogens is 266 g/mol. The van der Waals surface area contributed by atoms with Crippen LogP contribution in [0.4, 0.5) is 0 Å². The van der Waals surface area contributed by atoms with E-state index in [-0.39, 0.29) is 5.91 Å². The summed E-state index contributed by atoms with van der Waals surface area (Å²) in [6.45, 7) is 7.59. The molecule has 0 aromatic rings. The molecule has 2 aliphatic heterocycles. The fraction of sp³-hybridized carbons (Fsp3) is 0.667. The molecule has 0 aromatic heterocycles. The van der Waals surface area contributed by atoms with E-state index in [1.807, 2.05) is 6.92 Å². The molecule has 1 unspecified atom stereocenters. The minimum atomic E-state index is -1.26. The summed E-state index contributed by atoms with van der Waals surface area (Å²) < 4.78 is 0. The number of carbonyl (C=O) groups excluding carboxylic acids is 2. The van der Waals surface area contributed by atoms with Gasteiger partial charge in [0, 0.05) is 12.6 Å². The Morgan fingerprint density at radius 3 is 2.95 bits per heavy atom. The van der Waals surface area contributed by atoms with E-state index in [4.69, 9.17) is 5.73 Å². The molecule has 2 amide bonds. The Balaban J connectivity index is 2.15. The van der Waals surface area contributed by atoms with E-state index in [0.717, 1.165) is 0 Å². The third-order valence-electron chi connectivity index (χ3n) is 3.70. The van der Waals surface area contributed by atoms with Crippen LogP contribution in [0.25, 0.3) is 0 Å². The quantitative estimate of drug-likeness (QED) is 0.529. The van der Waals surface area contributed by atoms with E-state index in [9.17, 15) is 14.7 Å². The van der Waals surface area contributed by atoms with Crippen molar-refractivity contribution in [3.63, 3.8) is 0 Å². The molecule has 0 aromatic carbocycles. The SMILES string of the molecule is C=CCN1C(=O)[C@H]2N(C(=O)[C@@H](O)[C@H](C)N)CSC21C. The lowest BCUT2D eigenvalue weighted by Gasteiger charge is -2.52. The average Bonchev–Trinajstić information content (AvgIpc) is 2.68. The smallest absolute Gasteiger partial charge is 0.254 e. The molecule has 2 fully saturated rings. The molecule has 7 heteroatoms. The number of aliphatic hydroxyl groups excluding tert-OH is 1. The maximum absolute atomic E-state index is 12.1. The molecule has 2 rings (SSSR count). The Morgan fingerprint density at radius 1 is 1.79 bits per heavy atom. The van der Waals surface area contributed by atoms with Gasteiger partial charge in [-0.1, -0.05) is 6.08 Å². The van der Waals surface area contributed by atoms with E-state index < -0.39 is 29.0 Å². The van der Waals surface area contributed by atoms with Gasteiger partial charge in [-0.15, -0.1) is 18.3 Å². The number of nitrogens with zero attached hydrogens (tertiary/aromatic N) is 2. The second kappa shape index (κ2) is 4.81. The summed E-state index contributed by atoms with van der Waals surface area (Å²) in [7, 11) is 0. The number of thioether (sulfide) groups is 1. The first-order valence-corrected chi connectivity index (χ1v) is 7.13. The van der Waals surface area contributed by atoms with Crippen LogP contribution in [0.2, 0.25) is 0 Å². The number of hydrogen-bond acceptors (Lipinski definition) is 5. The van der Waals surface area contributed by atoms with Gasteiger partial charge in [-0.05, 0) is 13.8 Å². The number of amides is 2. The number of nitrogens with two attached hydrogens (primary N) is 1. The molecule has 0 aliphatic carbocycles. The van der Waals surface area contributed by atoms with Gasteiger partial charge in [-0.3, -0.25) is 9.59 Å². The molecule has 19 heavy (non-hydrogen) atoms. The lowest BCUT2D eigenvalue weighted by molar-refractivity contribution is -0.166. The van der Waals surface area contributed by atoms with Crippen LogP contribution < -0.4 is 5.73 Å². The Morgan fingerprint density at radius 2 is 2.42 bits per heavy atom. The van der Waals surface area contributed by atoms with Crippen LogP contribution in [0, 0.1) is 0 Å². The van der Waals surface area contributed by atoms with Gasteiger partial charge in [-0.2, -0.15) is 0 Å². The van der Waals surface area contributed by atoms with Crippen LogP contribution in [-0.2, 0) is 9.59 Å². The predicted octanol–water partition coefficient (Wildman–Crippen LogP) is -0.660.